The fourth-order valence-electron chi connectivity index (χ4n) is 2.10. The van der Waals surface area contributed by atoms with Gasteiger partial charge in [0.25, 0.3) is 0 Å². The molecule has 0 heterocycles. The summed E-state index contributed by atoms with van der Waals surface area (Å²) in [4.78, 5) is 0.613. The quantitative estimate of drug-likeness (QED) is 0.896. The summed E-state index contributed by atoms with van der Waals surface area (Å²) in [6, 6.07) is 10.6. The molecule has 1 aliphatic rings. The smallest absolute Gasteiger partial charge is 0.133 e. The summed E-state index contributed by atoms with van der Waals surface area (Å²) in [6.45, 7) is 1.71. The molecule has 1 unspecified atom stereocenters. The van der Waals surface area contributed by atoms with Crippen LogP contribution in [0.25, 0.3) is 11.1 Å². The maximum absolute atomic E-state index is 14.3. The van der Waals surface area contributed by atoms with Gasteiger partial charge in [0.15, 0.2) is 0 Å². The molecule has 0 spiro atoms. The fourth-order valence-corrected chi connectivity index (χ4v) is 3.41. The van der Waals surface area contributed by atoms with Crippen LogP contribution in [0.2, 0.25) is 5.02 Å². The molecular formula is C16H15ClFNOS. The number of benzene rings is 2. The molecule has 0 saturated heterocycles. The summed E-state index contributed by atoms with van der Waals surface area (Å²) in [6.07, 6.45) is 2.11. The van der Waals surface area contributed by atoms with E-state index < -0.39 is 11.0 Å². The maximum Gasteiger partial charge on any atom is 0.133 e. The average molecular weight is 324 g/mol. The van der Waals surface area contributed by atoms with E-state index in [4.69, 9.17) is 11.6 Å². The lowest BCUT2D eigenvalue weighted by Gasteiger charge is -2.10. The zero-order chi connectivity index (χ0) is 15.0. The Morgan fingerprint density at radius 2 is 2.00 bits per heavy atom. The molecule has 2 aromatic carbocycles. The third kappa shape index (κ3) is 3.18. The lowest BCUT2D eigenvalue weighted by atomic mass is 10.0. The van der Waals surface area contributed by atoms with E-state index in [0.29, 0.717) is 32.7 Å². The topological polar surface area (TPSA) is 29.1 Å². The zero-order valence-corrected chi connectivity index (χ0v) is 13.1. The SMILES string of the molecule is Cc1cccc(-c2cc(S(=O)NC3CC3)ccc2Cl)c1F. The van der Waals surface area contributed by atoms with Crippen LogP contribution in [0.4, 0.5) is 4.39 Å². The zero-order valence-electron chi connectivity index (χ0n) is 11.5. The van der Waals surface area contributed by atoms with Crippen LogP contribution in [0.5, 0.6) is 0 Å². The Bertz CT molecular complexity index is 715. The summed E-state index contributed by atoms with van der Waals surface area (Å²) in [5.74, 6) is -0.294. The van der Waals surface area contributed by atoms with Gasteiger partial charge in [0, 0.05) is 22.2 Å². The molecule has 0 aromatic heterocycles. The van der Waals surface area contributed by atoms with E-state index >= 15 is 0 Å². The van der Waals surface area contributed by atoms with Crippen molar-refractivity contribution in [3.8, 4) is 11.1 Å². The molecule has 0 amide bonds. The molecule has 0 bridgehead atoms. The Labute approximate surface area is 130 Å². The van der Waals surface area contributed by atoms with Crippen molar-refractivity contribution in [1.82, 2.24) is 4.72 Å². The van der Waals surface area contributed by atoms with Crippen LogP contribution in [0.15, 0.2) is 41.3 Å². The van der Waals surface area contributed by atoms with Gasteiger partial charge in [-0.15, -0.1) is 0 Å². The highest BCUT2D eigenvalue weighted by Crippen LogP contribution is 2.33. The second-order valence-corrected chi connectivity index (χ2v) is 6.89. The minimum Gasteiger partial charge on any atom is -0.237 e. The first-order chi connectivity index (χ1) is 10.1. The Balaban J connectivity index is 2.01. The first kappa shape index (κ1) is 14.7. The van der Waals surface area contributed by atoms with Crippen molar-refractivity contribution in [2.24, 2.45) is 0 Å². The number of nitrogens with one attached hydrogen (secondary N) is 1. The Kier molecular flexibility index (Phi) is 4.11. The normalized spacial score (nSPS) is 16.0. The van der Waals surface area contributed by atoms with Crippen LogP contribution in [0, 0.1) is 12.7 Å². The number of hydrogen-bond donors (Lipinski definition) is 1. The first-order valence-electron chi connectivity index (χ1n) is 6.79. The predicted molar refractivity (Wildman–Crippen MR) is 84.1 cm³/mol. The highest BCUT2D eigenvalue weighted by Gasteiger charge is 2.24. The van der Waals surface area contributed by atoms with Gasteiger partial charge in [-0.1, -0.05) is 29.8 Å². The average Bonchev–Trinajstić information content (AvgIpc) is 3.26. The van der Waals surface area contributed by atoms with Gasteiger partial charge < -0.3 is 0 Å². The highest BCUT2D eigenvalue weighted by atomic mass is 35.5. The van der Waals surface area contributed by atoms with Crippen LogP contribution in [-0.4, -0.2) is 10.3 Å². The summed E-state index contributed by atoms with van der Waals surface area (Å²) in [7, 11) is -1.29. The minimum absolute atomic E-state index is 0.294. The second kappa shape index (κ2) is 5.87. The summed E-state index contributed by atoms with van der Waals surface area (Å²) >= 11 is 6.19. The second-order valence-electron chi connectivity index (χ2n) is 5.24. The van der Waals surface area contributed by atoms with Crippen LogP contribution in [-0.2, 0) is 11.0 Å². The lowest BCUT2D eigenvalue weighted by molar-refractivity contribution is 0.622. The summed E-state index contributed by atoms with van der Waals surface area (Å²) in [5.41, 5.74) is 1.57. The molecule has 1 fully saturated rings. The van der Waals surface area contributed by atoms with E-state index in [-0.39, 0.29) is 5.82 Å². The lowest BCUT2D eigenvalue weighted by Crippen LogP contribution is -2.19. The van der Waals surface area contributed by atoms with E-state index in [1.807, 2.05) is 0 Å². The van der Waals surface area contributed by atoms with Gasteiger partial charge in [-0.2, -0.15) is 0 Å². The molecule has 1 saturated carbocycles. The van der Waals surface area contributed by atoms with Crippen LogP contribution in [0.1, 0.15) is 18.4 Å². The summed E-state index contributed by atoms with van der Waals surface area (Å²) < 4.78 is 29.5. The summed E-state index contributed by atoms with van der Waals surface area (Å²) in [5, 5.41) is 0.451. The van der Waals surface area contributed by atoms with E-state index in [9.17, 15) is 8.60 Å². The Morgan fingerprint density at radius 1 is 1.24 bits per heavy atom. The van der Waals surface area contributed by atoms with Crippen molar-refractivity contribution in [3.63, 3.8) is 0 Å². The number of aryl methyl sites for hydroxylation is 1. The third-order valence-electron chi connectivity index (χ3n) is 3.48. The molecule has 1 aliphatic carbocycles. The molecule has 21 heavy (non-hydrogen) atoms. The number of rotatable bonds is 4. The number of hydrogen-bond acceptors (Lipinski definition) is 1. The van der Waals surface area contributed by atoms with E-state index in [0.717, 1.165) is 12.8 Å². The molecule has 2 aromatic rings. The van der Waals surface area contributed by atoms with Gasteiger partial charge in [0.2, 0.25) is 0 Å². The highest BCUT2D eigenvalue weighted by molar-refractivity contribution is 7.83. The molecule has 110 valence electrons. The largest absolute Gasteiger partial charge is 0.237 e. The van der Waals surface area contributed by atoms with Crippen molar-refractivity contribution in [2.75, 3.05) is 0 Å². The molecule has 1 atom stereocenters. The van der Waals surface area contributed by atoms with Crippen molar-refractivity contribution in [2.45, 2.75) is 30.7 Å². The van der Waals surface area contributed by atoms with Gasteiger partial charge in [-0.3, -0.25) is 0 Å². The monoisotopic (exact) mass is 323 g/mol. The standard InChI is InChI=1S/C16H15ClFNOS/c1-10-3-2-4-13(16(10)18)14-9-12(7-8-15(14)17)21(20)19-11-5-6-11/h2-4,7-9,11,19H,5-6H2,1H3. The molecule has 2 nitrogen and oxygen atoms in total. The fraction of sp³-hybridized carbons (Fsp3) is 0.250. The molecular weight excluding hydrogens is 309 g/mol. The van der Waals surface area contributed by atoms with Crippen molar-refractivity contribution in [3.05, 3.63) is 52.8 Å². The number of halogens is 2. The predicted octanol–water partition coefficient (Wildman–Crippen LogP) is 4.23. The van der Waals surface area contributed by atoms with Crippen molar-refractivity contribution in [1.29, 1.82) is 0 Å². The van der Waals surface area contributed by atoms with Gasteiger partial charge in [0.05, 0.1) is 4.90 Å². The minimum atomic E-state index is -1.29. The maximum atomic E-state index is 14.3. The van der Waals surface area contributed by atoms with Gasteiger partial charge in [-0.05, 0) is 43.5 Å². The van der Waals surface area contributed by atoms with Gasteiger partial charge in [0.1, 0.15) is 16.8 Å². The molecule has 5 heteroatoms. The molecule has 0 aliphatic heterocycles. The van der Waals surface area contributed by atoms with E-state index in [1.54, 1.807) is 43.3 Å². The van der Waals surface area contributed by atoms with Crippen LogP contribution < -0.4 is 4.72 Å². The van der Waals surface area contributed by atoms with Crippen molar-refractivity contribution >= 4 is 22.6 Å². The third-order valence-corrected chi connectivity index (χ3v) is 5.04. The van der Waals surface area contributed by atoms with Crippen LogP contribution in [0.3, 0.4) is 0 Å². The van der Waals surface area contributed by atoms with E-state index in [2.05, 4.69) is 4.72 Å². The van der Waals surface area contributed by atoms with Crippen LogP contribution >= 0.6 is 11.6 Å². The van der Waals surface area contributed by atoms with Gasteiger partial charge >= 0.3 is 0 Å². The molecule has 1 N–H and O–H groups in total. The van der Waals surface area contributed by atoms with Crippen molar-refractivity contribution < 1.29 is 8.60 Å². The first-order valence-corrected chi connectivity index (χ1v) is 8.32. The Hall–Kier alpha value is -1.23. The van der Waals surface area contributed by atoms with E-state index in [1.165, 1.54) is 0 Å². The molecule has 0 radical (unpaired) electrons. The Morgan fingerprint density at radius 3 is 2.71 bits per heavy atom. The molecule has 3 rings (SSSR count). The van der Waals surface area contributed by atoms with Gasteiger partial charge in [-0.25, -0.2) is 13.3 Å².